The molecule has 3 nitrogen and oxygen atoms in total. The van der Waals surface area contributed by atoms with Gasteiger partial charge in [-0.25, -0.2) is 0 Å². The van der Waals surface area contributed by atoms with E-state index in [2.05, 4.69) is 6.58 Å². The first-order valence-corrected chi connectivity index (χ1v) is 9.47. The molecule has 0 heterocycles. The van der Waals surface area contributed by atoms with Crippen molar-refractivity contribution in [3.8, 4) is 22.6 Å². The lowest BCUT2D eigenvalue weighted by Crippen LogP contribution is -1.99. The summed E-state index contributed by atoms with van der Waals surface area (Å²) >= 11 is 12.3. The monoisotopic (exact) mass is 394 g/mol. The smallest absolute Gasteiger partial charge is 0.137 e. The Morgan fingerprint density at radius 3 is 2.19 bits per heavy atom. The molecule has 5 heteroatoms. The van der Waals surface area contributed by atoms with Gasteiger partial charge in [0.2, 0.25) is 0 Å². The lowest BCUT2D eigenvalue weighted by atomic mass is 10.1. The summed E-state index contributed by atoms with van der Waals surface area (Å²) in [7, 11) is 0. The van der Waals surface area contributed by atoms with Crippen LogP contribution < -0.4 is 4.74 Å². The lowest BCUT2D eigenvalue weighted by Gasteiger charge is -2.10. The first kappa shape index (κ1) is 20.6. The van der Waals surface area contributed by atoms with Gasteiger partial charge in [-0.15, -0.1) is 6.58 Å². The summed E-state index contributed by atoms with van der Waals surface area (Å²) in [6.07, 6.45) is 6.01. The fourth-order valence-electron chi connectivity index (χ4n) is 2.49. The number of ether oxygens (including phenoxy) is 2. The van der Waals surface area contributed by atoms with Crippen LogP contribution in [-0.4, -0.2) is 24.9 Å². The van der Waals surface area contributed by atoms with Crippen LogP contribution in [0.3, 0.4) is 0 Å². The number of phenolic OH excluding ortho intramolecular Hbond substituents is 1. The van der Waals surface area contributed by atoms with E-state index >= 15 is 0 Å². The molecule has 0 aliphatic heterocycles. The lowest BCUT2D eigenvalue weighted by molar-refractivity contribution is 0.156. The van der Waals surface area contributed by atoms with E-state index in [1.165, 1.54) is 0 Å². The molecule has 1 N–H and O–H groups in total. The van der Waals surface area contributed by atoms with Crippen LogP contribution >= 0.6 is 23.2 Å². The maximum absolute atomic E-state index is 9.51. The van der Waals surface area contributed by atoms with Gasteiger partial charge in [0.25, 0.3) is 0 Å². The molecule has 2 rings (SSSR count). The van der Waals surface area contributed by atoms with E-state index in [0.717, 1.165) is 43.4 Å². The Bertz CT molecular complexity index is 716. The van der Waals surface area contributed by atoms with Crippen molar-refractivity contribution in [3.05, 3.63) is 59.1 Å². The first-order chi connectivity index (χ1) is 12.6. The van der Waals surface area contributed by atoms with Gasteiger partial charge in [-0.05, 0) is 54.7 Å². The molecule has 0 amide bonds. The number of hydrogen-bond donors (Lipinski definition) is 1. The largest absolute Gasteiger partial charge is 0.506 e. The van der Waals surface area contributed by atoms with Gasteiger partial charge in [0.15, 0.2) is 0 Å². The van der Waals surface area contributed by atoms with E-state index in [9.17, 15) is 5.11 Å². The molecule has 0 saturated carbocycles. The molecule has 0 radical (unpaired) electrons. The zero-order valence-corrected chi connectivity index (χ0v) is 16.2. The van der Waals surface area contributed by atoms with Crippen LogP contribution in [0, 0.1) is 0 Å². The van der Waals surface area contributed by atoms with Crippen molar-refractivity contribution in [1.29, 1.82) is 0 Å². The predicted molar refractivity (Wildman–Crippen MR) is 109 cm³/mol. The Labute approximate surface area is 165 Å². The molecule has 0 bridgehead atoms. The number of hydrogen-bond acceptors (Lipinski definition) is 3. The van der Waals surface area contributed by atoms with Crippen molar-refractivity contribution in [2.24, 2.45) is 0 Å². The zero-order valence-electron chi connectivity index (χ0n) is 14.7. The van der Waals surface area contributed by atoms with Gasteiger partial charge in [-0.1, -0.05) is 47.8 Å². The van der Waals surface area contributed by atoms with E-state index in [1.54, 1.807) is 24.3 Å². The Kier molecular flexibility index (Phi) is 8.82. The van der Waals surface area contributed by atoms with Crippen LogP contribution in [0.25, 0.3) is 11.1 Å². The van der Waals surface area contributed by atoms with Crippen molar-refractivity contribution in [2.45, 2.75) is 25.7 Å². The topological polar surface area (TPSA) is 38.7 Å². The molecule has 0 spiro atoms. The quantitative estimate of drug-likeness (QED) is 0.348. The number of halogens is 2. The minimum Gasteiger partial charge on any atom is -0.506 e. The molecule has 0 unspecified atom stereocenters. The number of benzene rings is 2. The SMILES string of the molecule is C=CCOCCCCCCOc1ccc(-c2ccc(O)c(Cl)c2)cc1Cl. The fraction of sp³-hybridized carbons (Fsp3) is 0.333. The molecule has 0 atom stereocenters. The molecule has 26 heavy (non-hydrogen) atoms. The summed E-state index contributed by atoms with van der Waals surface area (Å²) in [5, 5.41) is 10.4. The zero-order chi connectivity index (χ0) is 18.8. The summed E-state index contributed by atoms with van der Waals surface area (Å²) in [5.41, 5.74) is 1.81. The van der Waals surface area contributed by atoms with E-state index in [0.29, 0.717) is 29.0 Å². The van der Waals surface area contributed by atoms with Crippen molar-refractivity contribution >= 4 is 23.2 Å². The Morgan fingerprint density at radius 2 is 1.54 bits per heavy atom. The second-order valence-electron chi connectivity index (χ2n) is 5.94. The molecule has 0 aliphatic rings. The Hall–Kier alpha value is -1.68. The van der Waals surface area contributed by atoms with Gasteiger partial charge in [0.05, 0.1) is 23.3 Å². The van der Waals surface area contributed by atoms with E-state index in [1.807, 2.05) is 18.2 Å². The summed E-state index contributed by atoms with van der Waals surface area (Å²) in [5.74, 6) is 0.739. The standard InChI is InChI=1S/C21H24Cl2O3/c1-2-11-25-12-5-3-4-6-13-26-21-10-8-17(15-19(21)23)16-7-9-20(24)18(22)14-16/h2,7-10,14-15,24H,1,3-6,11-13H2. The highest BCUT2D eigenvalue weighted by molar-refractivity contribution is 6.33. The van der Waals surface area contributed by atoms with Crippen molar-refractivity contribution in [3.63, 3.8) is 0 Å². The maximum atomic E-state index is 9.51. The van der Waals surface area contributed by atoms with E-state index < -0.39 is 0 Å². The summed E-state index contributed by atoms with van der Waals surface area (Å²) in [4.78, 5) is 0. The van der Waals surface area contributed by atoms with Gasteiger partial charge >= 0.3 is 0 Å². The minimum absolute atomic E-state index is 0.0636. The third kappa shape index (κ3) is 6.56. The highest BCUT2D eigenvalue weighted by Crippen LogP contribution is 2.33. The van der Waals surface area contributed by atoms with Gasteiger partial charge in [0, 0.05) is 6.61 Å². The number of aromatic hydroxyl groups is 1. The highest BCUT2D eigenvalue weighted by atomic mass is 35.5. The molecule has 2 aromatic rings. The summed E-state index contributed by atoms with van der Waals surface area (Å²) in [6, 6.07) is 10.7. The first-order valence-electron chi connectivity index (χ1n) is 8.71. The summed E-state index contributed by atoms with van der Waals surface area (Å²) in [6.45, 7) is 5.65. The molecule has 0 fully saturated rings. The number of unbranched alkanes of at least 4 members (excludes halogenated alkanes) is 3. The van der Waals surface area contributed by atoms with Crippen LogP contribution in [0.15, 0.2) is 49.1 Å². The van der Waals surface area contributed by atoms with Gasteiger partial charge < -0.3 is 14.6 Å². The molecule has 0 aromatic heterocycles. The Morgan fingerprint density at radius 1 is 0.885 bits per heavy atom. The fourth-order valence-corrected chi connectivity index (χ4v) is 2.91. The molecular weight excluding hydrogens is 371 g/mol. The molecule has 0 saturated heterocycles. The second kappa shape index (κ2) is 11.1. The average Bonchev–Trinajstić information content (AvgIpc) is 2.63. The number of rotatable bonds is 11. The second-order valence-corrected chi connectivity index (χ2v) is 6.75. The van der Waals surface area contributed by atoms with Gasteiger partial charge in [-0.2, -0.15) is 0 Å². The van der Waals surface area contributed by atoms with Crippen LogP contribution in [0.1, 0.15) is 25.7 Å². The third-order valence-electron chi connectivity index (χ3n) is 3.89. The van der Waals surface area contributed by atoms with Crippen LogP contribution in [0.5, 0.6) is 11.5 Å². The Balaban J connectivity index is 1.77. The van der Waals surface area contributed by atoms with E-state index in [-0.39, 0.29) is 5.75 Å². The van der Waals surface area contributed by atoms with Crippen molar-refractivity contribution < 1.29 is 14.6 Å². The molecule has 140 valence electrons. The van der Waals surface area contributed by atoms with Crippen LogP contribution in [0.2, 0.25) is 10.0 Å². The molecular formula is C21H24Cl2O3. The van der Waals surface area contributed by atoms with Crippen LogP contribution in [-0.2, 0) is 4.74 Å². The summed E-state index contributed by atoms with van der Waals surface area (Å²) < 4.78 is 11.1. The third-order valence-corrected chi connectivity index (χ3v) is 4.49. The van der Waals surface area contributed by atoms with Crippen molar-refractivity contribution in [2.75, 3.05) is 19.8 Å². The predicted octanol–water partition coefficient (Wildman–Crippen LogP) is 6.51. The van der Waals surface area contributed by atoms with Crippen molar-refractivity contribution in [1.82, 2.24) is 0 Å². The van der Waals surface area contributed by atoms with Gasteiger partial charge in [-0.3, -0.25) is 0 Å². The molecule has 0 aliphatic carbocycles. The highest BCUT2D eigenvalue weighted by Gasteiger charge is 2.07. The van der Waals surface area contributed by atoms with E-state index in [4.69, 9.17) is 32.7 Å². The minimum atomic E-state index is 0.0636. The van der Waals surface area contributed by atoms with Crippen LogP contribution in [0.4, 0.5) is 0 Å². The normalized spacial score (nSPS) is 10.7. The molecule has 2 aromatic carbocycles. The van der Waals surface area contributed by atoms with Gasteiger partial charge in [0.1, 0.15) is 11.5 Å². The maximum Gasteiger partial charge on any atom is 0.137 e. The average molecular weight is 395 g/mol. The number of phenols is 1.